The van der Waals surface area contributed by atoms with Gasteiger partial charge in [-0.3, -0.25) is 0 Å². The number of urea groups is 1. The molecular formula is C19H24ClN3O2. The molecule has 2 rings (SSSR count). The van der Waals surface area contributed by atoms with Gasteiger partial charge in [0.05, 0.1) is 10.7 Å². The van der Waals surface area contributed by atoms with Crippen LogP contribution in [0.15, 0.2) is 36.4 Å². The molecule has 2 amide bonds. The molecule has 0 aliphatic carbocycles. The Bertz CT molecular complexity index is 770. The molecule has 2 aromatic rings. The van der Waals surface area contributed by atoms with E-state index in [2.05, 4.69) is 37.5 Å². The van der Waals surface area contributed by atoms with Crippen molar-refractivity contribution in [1.82, 2.24) is 5.32 Å². The van der Waals surface area contributed by atoms with E-state index >= 15 is 0 Å². The number of anilines is 2. The standard InChI is InChI=1S/C19H24ClN3O2/c1-12-5-8-17(14(9-12)19(2,3)4)25-11-22-18(24)23-13-6-7-16(21)15(20)10-13/h5-10H,11,21H2,1-4H3,(H2,22,23,24). The van der Waals surface area contributed by atoms with Crippen molar-refractivity contribution in [3.05, 3.63) is 52.5 Å². The monoisotopic (exact) mass is 361 g/mol. The molecule has 4 N–H and O–H groups in total. The number of halogens is 1. The first-order valence-electron chi connectivity index (χ1n) is 8.00. The third-order valence-electron chi connectivity index (χ3n) is 3.66. The number of amides is 2. The highest BCUT2D eigenvalue weighted by atomic mass is 35.5. The van der Waals surface area contributed by atoms with Crippen LogP contribution in [-0.2, 0) is 5.41 Å². The van der Waals surface area contributed by atoms with Crippen molar-refractivity contribution < 1.29 is 9.53 Å². The first kappa shape index (κ1) is 18.9. The van der Waals surface area contributed by atoms with Crippen LogP contribution in [-0.4, -0.2) is 12.8 Å². The fourth-order valence-corrected chi connectivity index (χ4v) is 2.50. The van der Waals surface area contributed by atoms with Crippen LogP contribution in [0.4, 0.5) is 16.2 Å². The van der Waals surface area contributed by atoms with E-state index in [1.54, 1.807) is 18.2 Å². The van der Waals surface area contributed by atoms with Crippen molar-refractivity contribution >= 4 is 29.0 Å². The Kier molecular flexibility index (Phi) is 5.80. The van der Waals surface area contributed by atoms with E-state index in [4.69, 9.17) is 22.1 Å². The molecule has 0 spiro atoms. The number of nitrogen functional groups attached to an aromatic ring is 1. The predicted molar refractivity (Wildman–Crippen MR) is 103 cm³/mol. The zero-order valence-electron chi connectivity index (χ0n) is 14.9. The fraction of sp³-hybridized carbons (Fsp3) is 0.316. The zero-order valence-corrected chi connectivity index (χ0v) is 15.7. The number of nitrogens with one attached hydrogen (secondary N) is 2. The summed E-state index contributed by atoms with van der Waals surface area (Å²) in [6.45, 7) is 8.47. The van der Waals surface area contributed by atoms with E-state index < -0.39 is 0 Å². The van der Waals surface area contributed by atoms with E-state index in [0.717, 1.165) is 11.3 Å². The van der Waals surface area contributed by atoms with Crippen LogP contribution in [0.5, 0.6) is 5.75 Å². The number of benzene rings is 2. The van der Waals surface area contributed by atoms with Crippen molar-refractivity contribution in [2.24, 2.45) is 0 Å². The minimum absolute atomic E-state index is 0.0513. The van der Waals surface area contributed by atoms with Gasteiger partial charge in [-0.2, -0.15) is 0 Å². The SMILES string of the molecule is Cc1ccc(OCNC(=O)Nc2ccc(N)c(Cl)c2)c(C(C)(C)C)c1. The Morgan fingerprint density at radius 3 is 2.56 bits per heavy atom. The van der Waals surface area contributed by atoms with Crippen LogP contribution in [0.3, 0.4) is 0 Å². The molecule has 0 heterocycles. The third kappa shape index (κ3) is 5.29. The Morgan fingerprint density at radius 1 is 1.20 bits per heavy atom. The van der Waals surface area contributed by atoms with Gasteiger partial charge < -0.3 is 21.1 Å². The quantitative estimate of drug-likeness (QED) is 0.546. The summed E-state index contributed by atoms with van der Waals surface area (Å²) >= 11 is 5.93. The third-order valence-corrected chi connectivity index (χ3v) is 3.99. The smallest absolute Gasteiger partial charge is 0.321 e. The maximum absolute atomic E-state index is 12.0. The Labute approximate surface area is 153 Å². The Balaban J connectivity index is 1.94. The maximum atomic E-state index is 12.0. The molecule has 0 saturated carbocycles. The fourth-order valence-electron chi connectivity index (χ4n) is 2.32. The van der Waals surface area contributed by atoms with Crippen molar-refractivity contribution in [2.45, 2.75) is 33.1 Å². The first-order valence-corrected chi connectivity index (χ1v) is 8.38. The summed E-state index contributed by atoms with van der Waals surface area (Å²) in [6.07, 6.45) is 0. The van der Waals surface area contributed by atoms with Gasteiger partial charge in [0.25, 0.3) is 0 Å². The number of hydrogen-bond donors (Lipinski definition) is 3. The van der Waals surface area contributed by atoms with E-state index in [1.807, 2.05) is 19.1 Å². The zero-order chi connectivity index (χ0) is 18.6. The van der Waals surface area contributed by atoms with Crippen molar-refractivity contribution in [1.29, 1.82) is 0 Å². The maximum Gasteiger partial charge on any atom is 0.321 e. The first-order chi connectivity index (χ1) is 11.7. The second-order valence-electron chi connectivity index (χ2n) is 6.91. The lowest BCUT2D eigenvalue weighted by Gasteiger charge is -2.23. The molecule has 0 unspecified atom stereocenters. The molecule has 134 valence electrons. The highest BCUT2D eigenvalue weighted by Gasteiger charge is 2.19. The molecule has 0 saturated heterocycles. The van der Waals surface area contributed by atoms with Gasteiger partial charge in [0.15, 0.2) is 6.73 Å². The minimum atomic E-state index is -0.384. The summed E-state index contributed by atoms with van der Waals surface area (Å²) in [7, 11) is 0. The average molecular weight is 362 g/mol. The van der Waals surface area contributed by atoms with Crippen molar-refractivity contribution in [2.75, 3.05) is 17.8 Å². The molecule has 5 nitrogen and oxygen atoms in total. The van der Waals surface area contributed by atoms with Gasteiger partial charge in [0, 0.05) is 5.69 Å². The lowest BCUT2D eigenvalue weighted by atomic mass is 9.85. The number of nitrogens with two attached hydrogens (primary N) is 1. The van der Waals surface area contributed by atoms with Gasteiger partial charge in [0.1, 0.15) is 5.75 Å². The number of carbonyl (C=O) groups is 1. The average Bonchev–Trinajstić information content (AvgIpc) is 2.51. The molecule has 0 aliphatic rings. The van der Waals surface area contributed by atoms with Crippen molar-refractivity contribution in [3.8, 4) is 5.75 Å². The van der Waals surface area contributed by atoms with Crippen LogP contribution in [0.1, 0.15) is 31.9 Å². The summed E-state index contributed by atoms with van der Waals surface area (Å²) in [5, 5.41) is 5.73. The molecule has 0 radical (unpaired) electrons. The summed E-state index contributed by atoms with van der Waals surface area (Å²) in [5.41, 5.74) is 8.88. The van der Waals surface area contributed by atoms with Gasteiger partial charge in [-0.1, -0.05) is 50.1 Å². The number of ether oxygens (including phenoxy) is 1. The van der Waals surface area contributed by atoms with Crippen LogP contribution in [0, 0.1) is 6.92 Å². The minimum Gasteiger partial charge on any atom is -0.473 e. The van der Waals surface area contributed by atoms with E-state index in [-0.39, 0.29) is 18.2 Å². The molecule has 0 atom stereocenters. The van der Waals surface area contributed by atoms with Crippen LogP contribution in [0.2, 0.25) is 5.02 Å². The largest absolute Gasteiger partial charge is 0.473 e. The number of aryl methyl sites for hydroxylation is 1. The Morgan fingerprint density at radius 2 is 1.92 bits per heavy atom. The van der Waals surface area contributed by atoms with E-state index in [9.17, 15) is 4.79 Å². The Hall–Kier alpha value is -2.40. The summed E-state index contributed by atoms with van der Waals surface area (Å²) in [6, 6.07) is 10.5. The molecule has 0 fully saturated rings. The molecule has 0 aliphatic heterocycles. The summed E-state index contributed by atoms with van der Waals surface area (Å²) in [5.74, 6) is 0.758. The normalized spacial score (nSPS) is 11.1. The van der Waals surface area contributed by atoms with Gasteiger partial charge in [-0.25, -0.2) is 4.79 Å². The number of carbonyl (C=O) groups excluding carboxylic acids is 1. The van der Waals surface area contributed by atoms with E-state index in [0.29, 0.717) is 16.4 Å². The highest BCUT2D eigenvalue weighted by Crippen LogP contribution is 2.32. The molecule has 6 heteroatoms. The number of rotatable bonds is 4. The van der Waals surface area contributed by atoms with Gasteiger partial charge in [-0.15, -0.1) is 0 Å². The van der Waals surface area contributed by atoms with Crippen LogP contribution in [0.25, 0.3) is 0 Å². The topological polar surface area (TPSA) is 76.4 Å². The lowest BCUT2D eigenvalue weighted by molar-refractivity contribution is 0.233. The van der Waals surface area contributed by atoms with Gasteiger partial charge >= 0.3 is 6.03 Å². The lowest BCUT2D eigenvalue weighted by Crippen LogP contribution is -2.32. The van der Waals surface area contributed by atoms with Crippen LogP contribution < -0.4 is 21.1 Å². The predicted octanol–water partition coefficient (Wildman–Crippen LogP) is 4.69. The van der Waals surface area contributed by atoms with E-state index in [1.165, 1.54) is 5.56 Å². The van der Waals surface area contributed by atoms with Gasteiger partial charge in [-0.05, 0) is 42.2 Å². The second-order valence-corrected chi connectivity index (χ2v) is 7.31. The second kappa shape index (κ2) is 7.66. The molecule has 25 heavy (non-hydrogen) atoms. The highest BCUT2D eigenvalue weighted by molar-refractivity contribution is 6.33. The molecule has 0 bridgehead atoms. The molecule has 2 aromatic carbocycles. The number of hydrogen-bond acceptors (Lipinski definition) is 3. The van der Waals surface area contributed by atoms with Crippen molar-refractivity contribution in [3.63, 3.8) is 0 Å². The summed E-state index contributed by atoms with van der Waals surface area (Å²) < 4.78 is 5.75. The summed E-state index contributed by atoms with van der Waals surface area (Å²) in [4.78, 5) is 12.0. The van der Waals surface area contributed by atoms with Crippen LogP contribution >= 0.6 is 11.6 Å². The van der Waals surface area contributed by atoms with Gasteiger partial charge in [0.2, 0.25) is 0 Å². The molecular weight excluding hydrogens is 338 g/mol. The molecule has 0 aromatic heterocycles.